The number of hydrogen-bond donors (Lipinski definition) is 0. The van der Waals surface area contributed by atoms with Gasteiger partial charge in [0.2, 0.25) is 5.91 Å². The minimum atomic E-state index is 0.0978. The molecule has 1 heterocycles. The zero-order valence-corrected chi connectivity index (χ0v) is 13.7. The predicted octanol–water partition coefficient (Wildman–Crippen LogP) is 4.49. The van der Waals surface area contributed by atoms with Crippen LogP contribution in [0, 0.1) is 17.3 Å². The summed E-state index contributed by atoms with van der Waals surface area (Å²) in [6, 6.07) is 0. The van der Waals surface area contributed by atoms with E-state index < -0.39 is 0 Å². The molecule has 1 fully saturated rings. The second-order valence-electron chi connectivity index (χ2n) is 7.29. The number of rotatable bonds is 7. The van der Waals surface area contributed by atoms with Gasteiger partial charge in [0.1, 0.15) is 0 Å². The first kappa shape index (κ1) is 16.5. The Bertz CT molecular complexity index is 273. The average molecular weight is 267 g/mol. The maximum absolute atomic E-state index is 12.6. The summed E-state index contributed by atoms with van der Waals surface area (Å²) in [5, 5.41) is 0. The first-order valence-electron chi connectivity index (χ1n) is 8.18. The van der Waals surface area contributed by atoms with Crippen molar-refractivity contribution >= 4 is 5.91 Å². The van der Waals surface area contributed by atoms with Crippen LogP contribution in [0.2, 0.25) is 0 Å². The predicted molar refractivity (Wildman–Crippen MR) is 82.1 cm³/mol. The summed E-state index contributed by atoms with van der Waals surface area (Å²) < 4.78 is 0. The molecule has 1 rings (SSSR count). The third kappa shape index (κ3) is 4.81. The summed E-state index contributed by atoms with van der Waals surface area (Å²) in [6.07, 6.45) is 7.31. The highest BCUT2D eigenvalue weighted by Gasteiger charge is 2.38. The van der Waals surface area contributed by atoms with Gasteiger partial charge in [-0.3, -0.25) is 4.79 Å². The maximum atomic E-state index is 12.6. The van der Waals surface area contributed by atoms with Gasteiger partial charge in [-0.15, -0.1) is 0 Å². The van der Waals surface area contributed by atoms with Crippen LogP contribution in [-0.4, -0.2) is 23.9 Å². The van der Waals surface area contributed by atoms with Crippen LogP contribution in [0.3, 0.4) is 0 Å². The number of unbranched alkanes of at least 4 members (excludes halogenated alkanes) is 3. The molecule has 0 saturated carbocycles. The molecule has 1 atom stereocenters. The summed E-state index contributed by atoms with van der Waals surface area (Å²) >= 11 is 0. The SMILES string of the molecule is CCCCCCC(C(=O)N1CC(CC)C1)C(C)(C)C. The second kappa shape index (κ2) is 7.31. The van der Waals surface area contributed by atoms with Crippen molar-refractivity contribution in [1.82, 2.24) is 4.90 Å². The lowest BCUT2D eigenvalue weighted by atomic mass is 9.76. The summed E-state index contributed by atoms with van der Waals surface area (Å²) in [7, 11) is 0. The minimum absolute atomic E-state index is 0.0978. The zero-order chi connectivity index (χ0) is 14.5. The summed E-state index contributed by atoms with van der Waals surface area (Å²) in [6.45, 7) is 13.1. The Morgan fingerprint density at radius 2 is 1.79 bits per heavy atom. The van der Waals surface area contributed by atoms with E-state index >= 15 is 0 Å². The Kier molecular flexibility index (Phi) is 6.35. The van der Waals surface area contributed by atoms with Crippen molar-refractivity contribution in [3.05, 3.63) is 0 Å². The zero-order valence-electron chi connectivity index (χ0n) is 13.7. The van der Waals surface area contributed by atoms with Crippen molar-refractivity contribution in [3.63, 3.8) is 0 Å². The van der Waals surface area contributed by atoms with Crippen molar-refractivity contribution in [3.8, 4) is 0 Å². The Morgan fingerprint density at radius 3 is 2.26 bits per heavy atom. The average Bonchev–Trinajstić information content (AvgIpc) is 2.25. The smallest absolute Gasteiger partial charge is 0.226 e. The minimum Gasteiger partial charge on any atom is -0.342 e. The third-order valence-corrected chi connectivity index (χ3v) is 4.54. The molecule has 1 amide bonds. The van der Waals surface area contributed by atoms with Crippen LogP contribution in [0.4, 0.5) is 0 Å². The van der Waals surface area contributed by atoms with Crippen LogP contribution in [0.1, 0.15) is 73.1 Å². The Balaban J connectivity index is 2.47. The largest absolute Gasteiger partial charge is 0.342 e. The lowest BCUT2D eigenvalue weighted by Crippen LogP contribution is -2.53. The number of likely N-dealkylation sites (tertiary alicyclic amines) is 1. The summed E-state index contributed by atoms with van der Waals surface area (Å²) in [4.78, 5) is 14.7. The molecule has 1 unspecified atom stereocenters. The number of amides is 1. The first-order chi connectivity index (χ1) is 8.90. The fraction of sp³-hybridized carbons (Fsp3) is 0.941. The monoisotopic (exact) mass is 267 g/mol. The van der Waals surface area contributed by atoms with E-state index in [2.05, 4.69) is 39.5 Å². The molecule has 2 heteroatoms. The van der Waals surface area contributed by atoms with E-state index in [1.807, 2.05) is 0 Å². The molecule has 1 aliphatic heterocycles. The molecule has 1 aliphatic rings. The number of carbonyl (C=O) groups excluding carboxylic acids is 1. The normalized spacial score (nSPS) is 18.3. The molecule has 0 N–H and O–H groups in total. The van der Waals surface area contributed by atoms with Gasteiger partial charge >= 0.3 is 0 Å². The van der Waals surface area contributed by atoms with Crippen molar-refractivity contribution in [2.45, 2.75) is 73.1 Å². The maximum Gasteiger partial charge on any atom is 0.226 e. The van der Waals surface area contributed by atoms with Crippen LogP contribution in [-0.2, 0) is 4.79 Å². The number of nitrogens with zero attached hydrogens (tertiary/aromatic N) is 1. The van der Waals surface area contributed by atoms with Crippen molar-refractivity contribution in [1.29, 1.82) is 0 Å². The summed E-state index contributed by atoms with van der Waals surface area (Å²) in [5.41, 5.74) is 0.0978. The van der Waals surface area contributed by atoms with E-state index in [9.17, 15) is 4.79 Å². The molecular formula is C17H33NO. The second-order valence-corrected chi connectivity index (χ2v) is 7.29. The Hall–Kier alpha value is -0.530. The molecule has 0 radical (unpaired) electrons. The highest BCUT2D eigenvalue weighted by atomic mass is 16.2. The molecule has 0 spiro atoms. The molecule has 0 aromatic heterocycles. The lowest BCUT2D eigenvalue weighted by Gasteiger charge is -2.43. The van der Waals surface area contributed by atoms with Crippen molar-refractivity contribution in [2.75, 3.05) is 13.1 Å². The molecule has 2 nitrogen and oxygen atoms in total. The highest BCUT2D eigenvalue weighted by molar-refractivity contribution is 5.80. The standard InChI is InChI=1S/C17H33NO/c1-6-8-9-10-11-15(17(3,4)5)16(19)18-12-14(7-2)13-18/h14-15H,6-13H2,1-5H3. The molecule has 1 saturated heterocycles. The van der Waals surface area contributed by atoms with Crippen molar-refractivity contribution < 1.29 is 4.79 Å². The van der Waals surface area contributed by atoms with Crippen LogP contribution < -0.4 is 0 Å². The molecule has 0 aromatic carbocycles. The molecule has 0 aliphatic carbocycles. The van der Waals surface area contributed by atoms with Crippen molar-refractivity contribution in [2.24, 2.45) is 17.3 Å². The number of hydrogen-bond acceptors (Lipinski definition) is 1. The first-order valence-corrected chi connectivity index (χ1v) is 8.18. The van der Waals surface area contributed by atoms with Gasteiger partial charge in [-0.25, -0.2) is 0 Å². The van der Waals surface area contributed by atoms with Gasteiger partial charge in [0.15, 0.2) is 0 Å². The van der Waals surface area contributed by atoms with Gasteiger partial charge in [0.25, 0.3) is 0 Å². The molecular weight excluding hydrogens is 234 g/mol. The van der Waals surface area contributed by atoms with Gasteiger partial charge in [-0.1, -0.05) is 60.3 Å². The fourth-order valence-electron chi connectivity index (χ4n) is 2.93. The van der Waals surface area contributed by atoms with E-state index in [1.54, 1.807) is 0 Å². The topological polar surface area (TPSA) is 20.3 Å². The van der Waals surface area contributed by atoms with Gasteiger partial charge in [-0.05, 0) is 24.2 Å². The van der Waals surface area contributed by atoms with Crippen LogP contribution in [0.5, 0.6) is 0 Å². The molecule has 19 heavy (non-hydrogen) atoms. The molecule has 0 bridgehead atoms. The molecule has 112 valence electrons. The van der Waals surface area contributed by atoms with E-state index in [4.69, 9.17) is 0 Å². The number of carbonyl (C=O) groups is 1. The fourth-order valence-corrected chi connectivity index (χ4v) is 2.93. The van der Waals surface area contributed by atoms with Crippen LogP contribution in [0.15, 0.2) is 0 Å². The lowest BCUT2D eigenvalue weighted by molar-refractivity contribution is -0.146. The van der Waals surface area contributed by atoms with Gasteiger partial charge in [0.05, 0.1) is 0 Å². The van der Waals surface area contributed by atoms with Gasteiger partial charge < -0.3 is 4.90 Å². The third-order valence-electron chi connectivity index (χ3n) is 4.54. The molecule has 0 aromatic rings. The van der Waals surface area contributed by atoms with E-state index in [0.29, 0.717) is 5.91 Å². The van der Waals surface area contributed by atoms with E-state index in [1.165, 1.54) is 32.1 Å². The quantitative estimate of drug-likeness (QED) is 0.622. The van der Waals surface area contributed by atoms with Gasteiger partial charge in [-0.2, -0.15) is 0 Å². The van der Waals surface area contributed by atoms with E-state index in [-0.39, 0.29) is 11.3 Å². The Labute approximate surface area is 119 Å². The van der Waals surface area contributed by atoms with Gasteiger partial charge in [0, 0.05) is 19.0 Å². The Morgan fingerprint density at radius 1 is 1.16 bits per heavy atom. The van der Waals surface area contributed by atoms with E-state index in [0.717, 1.165) is 25.4 Å². The highest BCUT2D eigenvalue weighted by Crippen LogP contribution is 2.34. The van der Waals surface area contributed by atoms with Crippen LogP contribution >= 0.6 is 0 Å². The summed E-state index contributed by atoms with van der Waals surface area (Å²) in [5.74, 6) is 1.38. The van der Waals surface area contributed by atoms with Crippen LogP contribution in [0.25, 0.3) is 0 Å².